The van der Waals surface area contributed by atoms with Gasteiger partial charge in [-0.1, -0.05) is 30.1 Å². The standard InChI is InChI=1S/C14H19Cl2NO3/c1-3-6-17(10-14(18)19-2)7-8-20-13-5-4-11(15)9-12(13)16/h4-5,9H,3,6-8,10H2,1-2H3. The van der Waals surface area contributed by atoms with Gasteiger partial charge in [0.2, 0.25) is 0 Å². The molecular weight excluding hydrogens is 301 g/mol. The molecule has 0 saturated heterocycles. The van der Waals surface area contributed by atoms with Gasteiger partial charge >= 0.3 is 5.97 Å². The number of methoxy groups -OCH3 is 1. The zero-order valence-electron chi connectivity index (χ0n) is 11.7. The zero-order valence-corrected chi connectivity index (χ0v) is 13.2. The molecule has 0 atom stereocenters. The van der Waals surface area contributed by atoms with Crippen molar-refractivity contribution in [2.45, 2.75) is 13.3 Å². The Balaban J connectivity index is 2.45. The summed E-state index contributed by atoms with van der Waals surface area (Å²) in [5.41, 5.74) is 0. The van der Waals surface area contributed by atoms with E-state index in [4.69, 9.17) is 27.9 Å². The fraction of sp³-hybridized carbons (Fsp3) is 0.500. The molecule has 1 rings (SSSR count). The molecule has 0 aliphatic carbocycles. The smallest absolute Gasteiger partial charge is 0.319 e. The summed E-state index contributed by atoms with van der Waals surface area (Å²) in [4.78, 5) is 13.3. The molecule has 20 heavy (non-hydrogen) atoms. The quantitative estimate of drug-likeness (QED) is 0.689. The lowest BCUT2D eigenvalue weighted by atomic mass is 10.3. The Morgan fingerprint density at radius 2 is 2.05 bits per heavy atom. The van der Waals surface area contributed by atoms with Crippen molar-refractivity contribution in [3.05, 3.63) is 28.2 Å². The minimum absolute atomic E-state index is 0.247. The average molecular weight is 320 g/mol. The van der Waals surface area contributed by atoms with Gasteiger partial charge < -0.3 is 9.47 Å². The van der Waals surface area contributed by atoms with Gasteiger partial charge in [0.15, 0.2) is 0 Å². The van der Waals surface area contributed by atoms with Crippen LogP contribution in [0.25, 0.3) is 0 Å². The van der Waals surface area contributed by atoms with Crippen LogP contribution in [0.15, 0.2) is 18.2 Å². The second-order valence-corrected chi connectivity index (χ2v) is 5.12. The molecule has 0 saturated carbocycles. The number of esters is 1. The third kappa shape index (κ3) is 5.99. The van der Waals surface area contributed by atoms with E-state index in [1.165, 1.54) is 7.11 Å². The van der Waals surface area contributed by atoms with Crippen LogP contribution in [0, 0.1) is 0 Å². The van der Waals surface area contributed by atoms with Crippen LogP contribution in [0.2, 0.25) is 10.0 Å². The van der Waals surface area contributed by atoms with Crippen molar-refractivity contribution in [2.24, 2.45) is 0 Å². The van der Waals surface area contributed by atoms with Crippen LogP contribution in [0.3, 0.4) is 0 Å². The molecule has 0 spiro atoms. The van der Waals surface area contributed by atoms with Crippen molar-refractivity contribution in [2.75, 3.05) is 33.4 Å². The van der Waals surface area contributed by atoms with Crippen molar-refractivity contribution < 1.29 is 14.3 Å². The SMILES string of the molecule is CCCN(CCOc1ccc(Cl)cc1Cl)CC(=O)OC. The maximum atomic E-state index is 11.3. The maximum absolute atomic E-state index is 11.3. The maximum Gasteiger partial charge on any atom is 0.319 e. The first-order chi connectivity index (χ1) is 9.56. The van der Waals surface area contributed by atoms with Gasteiger partial charge in [0, 0.05) is 11.6 Å². The monoisotopic (exact) mass is 319 g/mol. The Bertz CT molecular complexity index is 440. The van der Waals surface area contributed by atoms with E-state index < -0.39 is 0 Å². The number of benzene rings is 1. The minimum atomic E-state index is -0.247. The summed E-state index contributed by atoms with van der Waals surface area (Å²) < 4.78 is 10.3. The van der Waals surface area contributed by atoms with Gasteiger partial charge in [0.25, 0.3) is 0 Å². The molecule has 0 heterocycles. The molecule has 4 nitrogen and oxygen atoms in total. The van der Waals surface area contributed by atoms with Gasteiger partial charge in [-0.3, -0.25) is 9.69 Å². The lowest BCUT2D eigenvalue weighted by Gasteiger charge is -2.20. The summed E-state index contributed by atoms with van der Waals surface area (Å²) in [6, 6.07) is 5.09. The number of hydrogen-bond donors (Lipinski definition) is 0. The van der Waals surface area contributed by atoms with Crippen molar-refractivity contribution in [1.82, 2.24) is 4.90 Å². The van der Waals surface area contributed by atoms with E-state index in [1.807, 2.05) is 4.90 Å². The first-order valence-electron chi connectivity index (χ1n) is 6.43. The summed E-state index contributed by atoms with van der Waals surface area (Å²) in [7, 11) is 1.39. The molecule has 112 valence electrons. The highest BCUT2D eigenvalue weighted by Crippen LogP contribution is 2.27. The second-order valence-electron chi connectivity index (χ2n) is 4.28. The third-order valence-electron chi connectivity index (χ3n) is 2.68. The summed E-state index contributed by atoms with van der Waals surface area (Å²) in [5, 5.41) is 1.05. The minimum Gasteiger partial charge on any atom is -0.491 e. The predicted molar refractivity (Wildman–Crippen MR) is 80.7 cm³/mol. The summed E-state index contributed by atoms with van der Waals surface area (Å²) in [5.74, 6) is 0.341. The number of carbonyl (C=O) groups is 1. The molecule has 0 aromatic heterocycles. The predicted octanol–water partition coefficient (Wildman–Crippen LogP) is 3.26. The van der Waals surface area contributed by atoms with Crippen LogP contribution in [-0.4, -0.2) is 44.2 Å². The van der Waals surface area contributed by atoms with Gasteiger partial charge in [-0.25, -0.2) is 0 Å². The van der Waals surface area contributed by atoms with Gasteiger partial charge in [-0.15, -0.1) is 0 Å². The highest BCUT2D eigenvalue weighted by atomic mass is 35.5. The van der Waals surface area contributed by atoms with Gasteiger partial charge in [-0.05, 0) is 31.2 Å². The van der Waals surface area contributed by atoms with Crippen molar-refractivity contribution in [3.63, 3.8) is 0 Å². The Morgan fingerprint density at radius 1 is 1.30 bits per heavy atom. The number of halogens is 2. The summed E-state index contributed by atoms with van der Waals surface area (Å²) in [6.07, 6.45) is 0.957. The van der Waals surface area contributed by atoms with E-state index in [9.17, 15) is 4.79 Å². The van der Waals surface area contributed by atoms with Crippen molar-refractivity contribution >= 4 is 29.2 Å². The molecule has 0 bridgehead atoms. The van der Waals surface area contributed by atoms with E-state index in [1.54, 1.807) is 18.2 Å². The molecule has 0 fully saturated rings. The van der Waals surface area contributed by atoms with Gasteiger partial charge in [-0.2, -0.15) is 0 Å². The van der Waals surface area contributed by atoms with Gasteiger partial charge in [0.1, 0.15) is 12.4 Å². The Kier molecular flexibility index (Phi) is 7.73. The fourth-order valence-electron chi connectivity index (χ4n) is 1.71. The number of hydrogen-bond acceptors (Lipinski definition) is 4. The number of carbonyl (C=O) groups excluding carboxylic acids is 1. The first-order valence-corrected chi connectivity index (χ1v) is 7.19. The lowest BCUT2D eigenvalue weighted by Crippen LogP contribution is -2.34. The normalized spacial score (nSPS) is 10.7. The molecule has 0 aliphatic heterocycles. The molecule has 1 aromatic carbocycles. The molecular formula is C14H19Cl2NO3. The summed E-state index contributed by atoms with van der Waals surface area (Å²) >= 11 is 11.8. The van der Waals surface area contributed by atoms with E-state index in [0.29, 0.717) is 28.9 Å². The molecule has 0 radical (unpaired) electrons. The van der Waals surface area contributed by atoms with Crippen LogP contribution in [0.5, 0.6) is 5.75 Å². The molecule has 0 unspecified atom stereocenters. The van der Waals surface area contributed by atoms with E-state index in [-0.39, 0.29) is 12.5 Å². The Morgan fingerprint density at radius 3 is 2.65 bits per heavy atom. The average Bonchev–Trinajstić information content (AvgIpc) is 2.41. The van der Waals surface area contributed by atoms with Gasteiger partial charge in [0.05, 0.1) is 18.7 Å². The highest BCUT2D eigenvalue weighted by Gasteiger charge is 2.10. The fourth-order valence-corrected chi connectivity index (χ4v) is 2.17. The molecule has 0 amide bonds. The van der Waals surface area contributed by atoms with E-state index in [2.05, 4.69) is 11.7 Å². The Labute approximate surface area is 129 Å². The highest BCUT2D eigenvalue weighted by molar-refractivity contribution is 6.35. The molecule has 0 aliphatic rings. The number of rotatable bonds is 8. The van der Waals surface area contributed by atoms with E-state index >= 15 is 0 Å². The lowest BCUT2D eigenvalue weighted by molar-refractivity contribution is -0.142. The molecule has 1 aromatic rings. The van der Waals surface area contributed by atoms with Crippen LogP contribution < -0.4 is 4.74 Å². The largest absolute Gasteiger partial charge is 0.491 e. The topological polar surface area (TPSA) is 38.8 Å². The van der Waals surface area contributed by atoms with Crippen LogP contribution in [-0.2, 0) is 9.53 Å². The van der Waals surface area contributed by atoms with E-state index in [0.717, 1.165) is 13.0 Å². The van der Waals surface area contributed by atoms with Crippen LogP contribution in [0.1, 0.15) is 13.3 Å². The van der Waals surface area contributed by atoms with Crippen LogP contribution in [0.4, 0.5) is 0 Å². The Hall–Kier alpha value is -0.970. The summed E-state index contributed by atoms with van der Waals surface area (Å²) in [6.45, 7) is 4.20. The number of ether oxygens (including phenoxy) is 2. The van der Waals surface area contributed by atoms with Crippen molar-refractivity contribution in [3.8, 4) is 5.75 Å². The number of nitrogens with zero attached hydrogens (tertiary/aromatic N) is 1. The second kappa shape index (κ2) is 9.06. The van der Waals surface area contributed by atoms with Crippen molar-refractivity contribution in [1.29, 1.82) is 0 Å². The molecule has 0 N–H and O–H groups in total. The first kappa shape index (κ1) is 17.1. The third-order valence-corrected chi connectivity index (χ3v) is 3.21. The van der Waals surface area contributed by atoms with Crippen LogP contribution >= 0.6 is 23.2 Å². The molecule has 6 heteroatoms. The zero-order chi connectivity index (χ0) is 15.0.